The normalized spacial score (nSPS) is 11.3. The number of hydrogen-bond donors (Lipinski definition) is 0. The molecule has 3 heteroatoms. The highest BCUT2D eigenvalue weighted by molar-refractivity contribution is 5.68. The third-order valence-electron chi connectivity index (χ3n) is 5.62. The molecule has 0 spiro atoms. The quantitative estimate of drug-likeness (QED) is 0.140. The van der Waals surface area contributed by atoms with Gasteiger partial charge in [0.1, 0.15) is 6.61 Å². The van der Waals surface area contributed by atoms with Gasteiger partial charge in [-0.2, -0.15) is 0 Å². The molecule has 0 aliphatic rings. The number of carbonyl (C=O) groups excluding carboxylic acids is 1. The zero-order valence-corrected chi connectivity index (χ0v) is 19.6. The maximum Gasteiger partial charge on any atom is 0.305 e. The van der Waals surface area contributed by atoms with E-state index < -0.39 is 0 Å². The van der Waals surface area contributed by atoms with Crippen molar-refractivity contribution in [3.63, 3.8) is 0 Å². The molecule has 0 bridgehead atoms. The minimum atomic E-state index is -0.0703. The van der Waals surface area contributed by atoms with Crippen LogP contribution in [-0.4, -0.2) is 37.1 Å². The molecule has 28 heavy (non-hydrogen) atoms. The fourth-order valence-electron chi connectivity index (χ4n) is 3.66. The van der Waals surface area contributed by atoms with E-state index in [0.717, 1.165) is 19.6 Å². The van der Waals surface area contributed by atoms with E-state index in [-0.39, 0.29) is 5.97 Å². The Balaban J connectivity index is 3.83. The molecule has 0 aromatic rings. The fraction of sp³-hybridized carbons (Fsp3) is 0.960. The molecule has 3 nitrogen and oxygen atoms in total. The van der Waals surface area contributed by atoms with E-state index in [4.69, 9.17) is 4.74 Å². The van der Waals surface area contributed by atoms with Crippen molar-refractivity contribution in [1.82, 2.24) is 4.90 Å². The summed E-state index contributed by atoms with van der Waals surface area (Å²) in [5.74, 6) is -0.0703. The lowest BCUT2D eigenvalue weighted by Crippen LogP contribution is -2.30. The minimum Gasteiger partial charge on any atom is -0.464 e. The van der Waals surface area contributed by atoms with Crippen molar-refractivity contribution in [2.75, 3.05) is 26.2 Å². The lowest BCUT2D eigenvalue weighted by atomic mass is 10.1. The van der Waals surface area contributed by atoms with Crippen molar-refractivity contribution >= 4 is 5.97 Å². The maximum absolute atomic E-state index is 11.4. The maximum atomic E-state index is 11.4. The number of carbonyl (C=O) groups is 1. The molecule has 0 saturated carbocycles. The highest BCUT2D eigenvalue weighted by Crippen LogP contribution is 2.11. The third kappa shape index (κ3) is 20.2. The number of hydrogen-bond acceptors (Lipinski definition) is 3. The Morgan fingerprint density at radius 2 is 0.964 bits per heavy atom. The van der Waals surface area contributed by atoms with Crippen LogP contribution in [0.5, 0.6) is 0 Å². The van der Waals surface area contributed by atoms with E-state index in [1.165, 1.54) is 103 Å². The van der Waals surface area contributed by atoms with Crippen LogP contribution in [0.25, 0.3) is 0 Å². The van der Waals surface area contributed by atoms with Crippen LogP contribution in [0.1, 0.15) is 130 Å². The zero-order valence-electron chi connectivity index (χ0n) is 19.6. The van der Waals surface area contributed by atoms with Crippen LogP contribution in [0.4, 0.5) is 0 Å². The molecule has 0 heterocycles. The van der Waals surface area contributed by atoms with Gasteiger partial charge in [-0.05, 0) is 25.9 Å². The van der Waals surface area contributed by atoms with Gasteiger partial charge in [0.05, 0.1) is 0 Å². The molecule has 0 radical (unpaired) electrons. The van der Waals surface area contributed by atoms with Crippen LogP contribution < -0.4 is 0 Å². The predicted molar refractivity (Wildman–Crippen MR) is 123 cm³/mol. The van der Waals surface area contributed by atoms with Gasteiger partial charge in [-0.15, -0.1) is 0 Å². The summed E-state index contributed by atoms with van der Waals surface area (Å²) in [4.78, 5) is 13.9. The molecule has 168 valence electrons. The van der Waals surface area contributed by atoms with Gasteiger partial charge in [0.15, 0.2) is 0 Å². The lowest BCUT2D eigenvalue weighted by Gasteiger charge is -2.22. The van der Waals surface area contributed by atoms with Gasteiger partial charge >= 0.3 is 5.97 Å². The average Bonchev–Trinajstić information content (AvgIpc) is 2.71. The van der Waals surface area contributed by atoms with Gasteiger partial charge in [0.25, 0.3) is 0 Å². The first-order valence-electron chi connectivity index (χ1n) is 12.6. The average molecular weight is 398 g/mol. The summed E-state index contributed by atoms with van der Waals surface area (Å²) in [5.41, 5.74) is 0. The molecule has 0 unspecified atom stereocenters. The van der Waals surface area contributed by atoms with Gasteiger partial charge in [-0.3, -0.25) is 9.69 Å². The van der Waals surface area contributed by atoms with Gasteiger partial charge in [0.2, 0.25) is 0 Å². The molecule has 0 aromatic heterocycles. The molecule has 0 aliphatic heterocycles. The highest BCUT2D eigenvalue weighted by Gasteiger charge is 2.06. The van der Waals surface area contributed by atoms with E-state index in [0.29, 0.717) is 13.0 Å². The smallest absolute Gasteiger partial charge is 0.305 e. The van der Waals surface area contributed by atoms with Crippen LogP contribution in [0, 0.1) is 0 Å². The van der Waals surface area contributed by atoms with Gasteiger partial charge in [-0.1, -0.05) is 111 Å². The van der Waals surface area contributed by atoms with Crippen molar-refractivity contribution in [1.29, 1.82) is 0 Å². The van der Waals surface area contributed by atoms with E-state index in [1.54, 1.807) is 0 Å². The van der Waals surface area contributed by atoms with Gasteiger partial charge < -0.3 is 4.74 Å². The molecule has 0 fully saturated rings. The van der Waals surface area contributed by atoms with E-state index in [2.05, 4.69) is 18.7 Å². The molecule has 0 saturated heterocycles. The molecule has 0 N–H and O–H groups in total. The Labute approximate surface area is 177 Å². The topological polar surface area (TPSA) is 29.5 Å². The Bertz CT molecular complexity index is 300. The number of nitrogens with zero attached hydrogens (tertiary/aromatic N) is 1. The van der Waals surface area contributed by atoms with Crippen molar-refractivity contribution in [2.45, 2.75) is 130 Å². The fourth-order valence-corrected chi connectivity index (χ4v) is 3.66. The van der Waals surface area contributed by atoms with E-state index in [1.807, 2.05) is 6.92 Å². The summed E-state index contributed by atoms with van der Waals surface area (Å²) < 4.78 is 5.31. The lowest BCUT2D eigenvalue weighted by molar-refractivity contribution is -0.143. The summed E-state index contributed by atoms with van der Waals surface area (Å²) in [5, 5.41) is 0. The van der Waals surface area contributed by atoms with E-state index >= 15 is 0 Å². The zero-order chi connectivity index (χ0) is 20.7. The highest BCUT2D eigenvalue weighted by atomic mass is 16.5. The first kappa shape index (κ1) is 27.4. The molecular weight excluding hydrogens is 346 g/mol. The van der Waals surface area contributed by atoms with Crippen LogP contribution in [-0.2, 0) is 9.53 Å². The number of unbranched alkanes of at least 4 members (excludes halogenated alkanes) is 14. The number of ether oxygens (including phenoxy) is 1. The van der Waals surface area contributed by atoms with Gasteiger partial charge in [-0.25, -0.2) is 0 Å². The van der Waals surface area contributed by atoms with E-state index in [9.17, 15) is 4.79 Å². The van der Waals surface area contributed by atoms with Crippen LogP contribution >= 0.6 is 0 Å². The standard InChI is InChI=1S/C25H51NO2/c1-4-7-9-11-13-15-17-19-21-26(23-24-28-25(27)6-3)22-20-18-16-14-12-10-8-5-2/h4-24H2,1-3H3. The first-order valence-corrected chi connectivity index (χ1v) is 12.6. The molecule has 0 aliphatic carbocycles. The molecule has 0 atom stereocenters. The first-order chi connectivity index (χ1) is 13.7. The number of rotatable bonds is 22. The molecule has 0 amide bonds. The summed E-state index contributed by atoms with van der Waals surface area (Å²) in [6.07, 6.45) is 22.3. The third-order valence-corrected chi connectivity index (χ3v) is 5.62. The molecule has 0 aromatic carbocycles. The summed E-state index contributed by atoms with van der Waals surface area (Å²) in [6.45, 7) is 10.2. The van der Waals surface area contributed by atoms with Gasteiger partial charge in [0, 0.05) is 13.0 Å². The Kier molecular flexibility index (Phi) is 22.3. The Morgan fingerprint density at radius 1 is 0.571 bits per heavy atom. The van der Waals surface area contributed by atoms with Crippen molar-refractivity contribution in [2.24, 2.45) is 0 Å². The number of esters is 1. The monoisotopic (exact) mass is 397 g/mol. The summed E-state index contributed by atoms with van der Waals surface area (Å²) in [6, 6.07) is 0. The molecular formula is C25H51NO2. The van der Waals surface area contributed by atoms with Crippen LogP contribution in [0.15, 0.2) is 0 Å². The second-order valence-corrected chi connectivity index (χ2v) is 8.37. The SMILES string of the molecule is CCCCCCCCCCN(CCCCCCCCCC)CCOC(=O)CC. The second kappa shape index (κ2) is 22.7. The van der Waals surface area contributed by atoms with Crippen LogP contribution in [0.2, 0.25) is 0 Å². The predicted octanol–water partition coefficient (Wildman–Crippen LogP) is 7.52. The van der Waals surface area contributed by atoms with Crippen LogP contribution in [0.3, 0.4) is 0 Å². The van der Waals surface area contributed by atoms with Crippen molar-refractivity contribution in [3.8, 4) is 0 Å². The van der Waals surface area contributed by atoms with Crippen molar-refractivity contribution in [3.05, 3.63) is 0 Å². The largest absolute Gasteiger partial charge is 0.464 e. The second-order valence-electron chi connectivity index (χ2n) is 8.37. The molecule has 0 rings (SSSR count). The Morgan fingerprint density at radius 3 is 1.36 bits per heavy atom. The minimum absolute atomic E-state index is 0.0703. The summed E-state index contributed by atoms with van der Waals surface area (Å²) >= 11 is 0. The Hall–Kier alpha value is -0.570. The summed E-state index contributed by atoms with van der Waals surface area (Å²) in [7, 11) is 0. The van der Waals surface area contributed by atoms with Crippen molar-refractivity contribution < 1.29 is 9.53 Å².